The maximum absolute atomic E-state index is 12.2. The summed E-state index contributed by atoms with van der Waals surface area (Å²) < 4.78 is 6.03. The van der Waals surface area contributed by atoms with Crippen molar-refractivity contribution in [2.75, 3.05) is 20.7 Å². The van der Waals surface area contributed by atoms with Crippen LogP contribution in [0.3, 0.4) is 0 Å². The predicted molar refractivity (Wildman–Crippen MR) is 76.8 cm³/mol. The number of amides is 2. The second-order valence-corrected chi connectivity index (χ2v) is 6.43. The molecule has 0 aliphatic carbocycles. The van der Waals surface area contributed by atoms with E-state index in [9.17, 15) is 9.59 Å². The second-order valence-electron chi connectivity index (χ2n) is 4.41. The van der Waals surface area contributed by atoms with E-state index in [1.807, 2.05) is 6.92 Å². The van der Waals surface area contributed by atoms with Gasteiger partial charge in [0.05, 0.1) is 11.6 Å². The number of thiophene rings is 1. The molecule has 0 radical (unpaired) electrons. The molecule has 0 spiro atoms. The predicted octanol–water partition coefficient (Wildman–Crippen LogP) is 1.79. The van der Waals surface area contributed by atoms with Crippen LogP contribution in [-0.4, -0.2) is 43.5 Å². The molecule has 0 bridgehead atoms. The van der Waals surface area contributed by atoms with Crippen LogP contribution >= 0.6 is 27.3 Å². The molecule has 7 heteroatoms. The first-order valence-corrected chi connectivity index (χ1v) is 7.45. The van der Waals surface area contributed by atoms with Gasteiger partial charge in [0, 0.05) is 18.5 Å². The van der Waals surface area contributed by atoms with Crippen LogP contribution < -0.4 is 10.1 Å². The Morgan fingerprint density at radius 2 is 2.26 bits per heavy atom. The number of carbonyl (C=O) groups is 2. The molecule has 0 aromatic carbocycles. The van der Waals surface area contributed by atoms with Crippen molar-refractivity contribution in [2.45, 2.75) is 19.4 Å². The zero-order valence-electron chi connectivity index (χ0n) is 10.9. The minimum absolute atomic E-state index is 0.0420. The summed E-state index contributed by atoms with van der Waals surface area (Å²) in [7, 11) is 3.26. The zero-order chi connectivity index (χ0) is 14.2. The maximum atomic E-state index is 12.2. The Morgan fingerprint density at radius 3 is 2.79 bits per heavy atom. The summed E-state index contributed by atoms with van der Waals surface area (Å²) in [6.45, 7) is 2.58. The SMILES string of the molecule is COc1c(C(=O)N[C@H]2CCN(C)C2=O)sc(C)c1Br. The Morgan fingerprint density at radius 1 is 1.58 bits per heavy atom. The molecular formula is C12H15BrN2O3S. The van der Waals surface area contributed by atoms with Crippen molar-refractivity contribution in [3.05, 3.63) is 14.2 Å². The summed E-state index contributed by atoms with van der Waals surface area (Å²) >= 11 is 4.74. The molecule has 1 N–H and O–H groups in total. The summed E-state index contributed by atoms with van der Waals surface area (Å²) in [4.78, 5) is 27.1. The van der Waals surface area contributed by atoms with Gasteiger partial charge in [-0.1, -0.05) is 0 Å². The molecule has 2 heterocycles. The fraction of sp³-hybridized carbons (Fsp3) is 0.500. The smallest absolute Gasteiger partial charge is 0.265 e. The number of halogens is 1. The van der Waals surface area contributed by atoms with E-state index in [-0.39, 0.29) is 11.8 Å². The van der Waals surface area contributed by atoms with Gasteiger partial charge in [0.1, 0.15) is 10.9 Å². The molecule has 1 aliphatic heterocycles. The monoisotopic (exact) mass is 346 g/mol. The van der Waals surface area contributed by atoms with Gasteiger partial charge in [-0.3, -0.25) is 9.59 Å². The average Bonchev–Trinajstić information content (AvgIpc) is 2.84. The van der Waals surface area contributed by atoms with Crippen LogP contribution in [0.5, 0.6) is 5.75 Å². The van der Waals surface area contributed by atoms with Crippen LogP contribution in [0, 0.1) is 6.92 Å². The minimum Gasteiger partial charge on any atom is -0.494 e. The van der Waals surface area contributed by atoms with Gasteiger partial charge in [0.15, 0.2) is 5.75 Å². The van der Waals surface area contributed by atoms with Gasteiger partial charge in [0.2, 0.25) is 5.91 Å². The van der Waals surface area contributed by atoms with Gasteiger partial charge in [-0.25, -0.2) is 0 Å². The van der Waals surface area contributed by atoms with E-state index in [0.29, 0.717) is 23.6 Å². The molecule has 1 aromatic rings. The van der Waals surface area contributed by atoms with E-state index < -0.39 is 6.04 Å². The maximum Gasteiger partial charge on any atom is 0.265 e. The highest BCUT2D eigenvalue weighted by molar-refractivity contribution is 9.10. The Balaban J connectivity index is 2.17. The van der Waals surface area contributed by atoms with E-state index in [0.717, 1.165) is 9.35 Å². The van der Waals surface area contributed by atoms with Gasteiger partial charge in [-0.2, -0.15) is 0 Å². The zero-order valence-corrected chi connectivity index (χ0v) is 13.4. The van der Waals surface area contributed by atoms with Crippen molar-refractivity contribution in [3.8, 4) is 5.75 Å². The van der Waals surface area contributed by atoms with Crippen LogP contribution in [0.1, 0.15) is 21.0 Å². The molecule has 0 saturated carbocycles. The number of methoxy groups -OCH3 is 1. The topological polar surface area (TPSA) is 58.6 Å². The van der Waals surface area contributed by atoms with Crippen molar-refractivity contribution >= 4 is 39.1 Å². The molecule has 1 atom stereocenters. The van der Waals surface area contributed by atoms with Gasteiger partial charge in [-0.15, -0.1) is 11.3 Å². The van der Waals surface area contributed by atoms with Gasteiger partial charge in [-0.05, 0) is 29.3 Å². The summed E-state index contributed by atoms with van der Waals surface area (Å²) in [6, 6.07) is -0.427. The third-order valence-corrected chi connectivity index (χ3v) is 5.42. The lowest BCUT2D eigenvalue weighted by Crippen LogP contribution is -2.40. The van der Waals surface area contributed by atoms with Gasteiger partial charge < -0.3 is 15.0 Å². The van der Waals surface area contributed by atoms with Crippen LogP contribution in [0.4, 0.5) is 0 Å². The number of nitrogens with one attached hydrogen (secondary N) is 1. The normalized spacial score (nSPS) is 18.8. The van der Waals surface area contributed by atoms with Crippen LogP contribution in [0.15, 0.2) is 4.47 Å². The molecule has 0 unspecified atom stereocenters. The van der Waals surface area contributed by atoms with E-state index >= 15 is 0 Å². The van der Waals surface area contributed by atoms with Gasteiger partial charge >= 0.3 is 0 Å². The number of hydrogen-bond donors (Lipinski definition) is 1. The van der Waals surface area contributed by atoms with Crippen LogP contribution in [0.2, 0.25) is 0 Å². The van der Waals surface area contributed by atoms with E-state index in [4.69, 9.17) is 4.74 Å². The quantitative estimate of drug-likeness (QED) is 0.907. The fourth-order valence-electron chi connectivity index (χ4n) is 2.02. The van der Waals surface area contributed by atoms with Crippen molar-refractivity contribution < 1.29 is 14.3 Å². The highest BCUT2D eigenvalue weighted by Gasteiger charge is 2.32. The first-order chi connectivity index (χ1) is 8.95. The summed E-state index contributed by atoms with van der Waals surface area (Å²) in [5, 5.41) is 2.77. The van der Waals surface area contributed by atoms with Crippen LogP contribution in [-0.2, 0) is 4.79 Å². The lowest BCUT2D eigenvalue weighted by Gasteiger charge is -2.12. The molecule has 2 amide bonds. The third kappa shape index (κ3) is 2.62. The summed E-state index contributed by atoms with van der Waals surface area (Å²) in [5.74, 6) is 0.225. The van der Waals surface area contributed by atoms with Crippen LogP contribution in [0.25, 0.3) is 0 Å². The number of ether oxygens (including phenoxy) is 1. The van der Waals surface area contributed by atoms with E-state index in [2.05, 4.69) is 21.2 Å². The standard InChI is InChI=1S/C12H15BrN2O3S/c1-6-8(13)9(18-3)10(19-6)11(16)14-7-4-5-15(2)12(7)17/h7H,4-5H2,1-3H3,(H,14,16)/t7-/m0/s1. The Bertz CT molecular complexity index is 529. The van der Waals surface area contributed by atoms with Crippen molar-refractivity contribution in [2.24, 2.45) is 0 Å². The molecule has 1 aromatic heterocycles. The van der Waals surface area contributed by atoms with Crippen molar-refractivity contribution in [1.82, 2.24) is 10.2 Å². The number of rotatable bonds is 3. The summed E-state index contributed by atoms with van der Waals surface area (Å²) in [6.07, 6.45) is 0.648. The fourth-order valence-corrected chi connectivity index (χ4v) is 3.67. The molecular weight excluding hydrogens is 332 g/mol. The molecule has 19 heavy (non-hydrogen) atoms. The summed E-state index contributed by atoms with van der Waals surface area (Å²) in [5.41, 5.74) is 0. The molecule has 104 valence electrons. The first-order valence-electron chi connectivity index (χ1n) is 5.84. The lowest BCUT2D eigenvalue weighted by atomic mass is 10.2. The number of carbonyl (C=O) groups excluding carboxylic acids is 2. The number of hydrogen-bond acceptors (Lipinski definition) is 4. The molecule has 1 aliphatic rings. The molecule has 1 saturated heterocycles. The molecule has 2 rings (SSSR count). The third-order valence-electron chi connectivity index (χ3n) is 3.11. The van der Waals surface area contributed by atoms with Gasteiger partial charge in [0.25, 0.3) is 5.91 Å². The van der Waals surface area contributed by atoms with E-state index in [1.165, 1.54) is 18.4 Å². The first kappa shape index (κ1) is 14.3. The highest BCUT2D eigenvalue weighted by Crippen LogP contribution is 2.39. The van der Waals surface area contributed by atoms with Crippen molar-refractivity contribution in [1.29, 1.82) is 0 Å². The number of likely N-dealkylation sites (N-methyl/N-ethyl adjacent to an activating group) is 1. The minimum atomic E-state index is -0.427. The second kappa shape index (κ2) is 5.50. The van der Waals surface area contributed by atoms with Crippen molar-refractivity contribution in [3.63, 3.8) is 0 Å². The Hall–Kier alpha value is -1.08. The highest BCUT2D eigenvalue weighted by atomic mass is 79.9. The van der Waals surface area contributed by atoms with E-state index in [1.54, 1.807) is 11.9 Å². The molecule has 5 nitrogen and oxygen atoms in total. The Labute approximate surface area is 124 Å². The average molecular weight is 347 g/mol. The number of aryl methyl sites for hydroxylation is 1. The number of likely N-dealkylation sites (tertiary alicyclic amines) is 1. The molecule has 1 fully saturated rings. The largest absolute Gasteiger partial charge is 0.494 e. The lowest BCUT2D eigenvalue weighted by molar-refractivity contribution is -0.128. The Kier molecular flexibility index (Phi) is 4.15. The number of nitrogens with zero attached hydrogens (tertiary/aromatic N) is 1.